The molecule has 2 aromatic rings. The van der Waals surface area contributed by atoms with Gasteiger partial charge in [-0.2, -0.15) is 5.26 Å². The minimum atomic E-state index is -0.122. The van der Waals surface area contributed by atoms with Crippen molar-refractivity contribution < 1.29 is 14.3 Å². The van der Waals surface area contributed by atoms with Crippen molar-refractivity contribution in [3.8, 4) is 22.9 Å². The molecule has 2 aromatic carbocycles. The second kappa shape index (κ2) is 11.0. The van der Waals surface area contributed by atoms with Crippen molar-refractivity contribution in [3.05, 3.63) is 54.1 Å². The van der Waals surface area contributed by atoms with Crippen LogP contribution in [0.3, 0.4) is 0 Å². The molecule has 2 rings (SSSR count). The molecule has 0 radical (unpaired) electrons. The zero-order chi connectivity index (χ0) is 19.5. The molecule has 0 aliphatic heterocycles. The first kappa shape index (κ1) is 20.5. The van der Waals surface area contributed by atoms with E-state index in [4.69, 9.17) is 14.7 Å². The molecule has 0 amide bonds. The van der Waals surface area contributed by atoms with Crippen molar-refractivity contribution >= 4 is 5.97 Å². The Morgan fingerprint density at radius 3 is 2.00 bits per heavy atom. The highest BCUT2D eigenvalue weighted by atomic mass is 16.5. The molecular formula is C23H27NO3. The Bertz CT molecular complexity index is 743. The topological polar surface area (TPSA) is 59.3 Å². The summed E-state index contributed by atoms with van der Waals surface area (Å²) < 4.78 is 10.9. The summed E-state index contributed by atoms with van der Waals surface area (Å²) in [6, 6.07) is 17.7. The van der Waals surface area contributed by atoms with Gasteiger partial charge in [0.05, 0.1) is 30.8 Å². The summed E-state index contributed by atoms with van der Waals surface area (Å²) in [5.41, 5.74) is 2.85. The van der Waals surface area contributed by atoms with Crippen LogP contribution in [0, 0.1) is 17.2 Å². The lowest BCUT2D eigenvalue weighted by Crippen LogP contribution is -2.12. The fourth-order valence-corrected chi connectivity index (χ4v) is 2.57. The number of hydrogen-bond acceptors (Lipinski definition) is 4. The molecule has 4 heteroatoms. The van der Waals surface area contributed by atoms with Crippen LogP contribution < -0.4 is 4.74 Å². The molecule has 0 spiro atoms. The second-order valence-electron chi connectivity index (χ2n) is 6.80. The zero-order valence-electron chi connectivity index (χ0n) is 16.1. The third kappa shape index (κ3) is 7.15. The van der Waals surface area contributed by atoms with Crippen molar-refractivity contribution in [1.29, 1.82) is 5.26 Å². The number of unbranched alkanes of at least 4 members (excludes halogenated alkanes) is 3. The Hall–Kier alpha value is -2.80. The number of carbonyl (C=O) groups excluding carboxylic acids is 1. The number of hydrogen-bond donors (Lipinski definition) is 0. The fourth-order valence-electron chi connectivity index (χ4n) is 2.57. The van der Waals surface area contributed by atoms with Gasteiger partial charge in [-0.25, -0.2) is 0 Å². The van der Waals surface area contributed by atoms with Gasteiger partial charge in [-0.3, -0.25) is 4.79 Å². The van der Waals surface area contributed by atoms with E-state index in [9.17, 15) is 4.79 Å². The first-order valence-corrected chi connectivity index (χ1v) is 9.50. The van der Waals surface area contributed by atoms with Crippen molar-refractivity contribution in [2.24, 2.45) is 5.92 Å². The molecule has 0 saturated carbocycles. The van der Waals surface area contributed by atoms with Gasteiger partial charge in [0, 0.05) is 0 Å². The molecule has 0 saturated heterocycles. The van der Waals surface area contributed by atoms with Crippen LogP contribution in [0.2, 0.25) is 0 Å². The van der Waals surface area contributed by atoms with E-state index in [2.05, 4.69) is 6.07 Å². The molecule has 0 atom stereocenters. The SMILES string of the molecule is CC(C)C(=O)OCCCCCCOc1ccc(-c2ccc(C#N)cc2)cc1. The lowest BCUT2D eigenvalue weighted by molar-refractivity contribution is -0.147. The van der Waals surface area contributed by atoms with Crippen molar-refractivity contribution in [2.45, 2.75) is 39.5 Å². The van der Waals surface area contributed by atoms with Gasteiger partial charge < -0.3 is 9.47 Å². The average molecular weight is 365 g/mol. The van der Waals surface area contributed by atoms with Crippen LogP contribution in [0.5, 0.6) is 5.75 Å². The van der Waals surface area contributed by atoms with Crippen molar-refractivity contribution in [3.63, 3.8) is 0 Å². The molecule has 4 nitrogen and oxygen atoms in total. The first-order chi connectivity index (χ1) is 13.1. The van der Waals surface area contributed by atoms with E-state index in [1.807, 2.05) is 62.4 Å². The molecule has 142 valence electrons. The van der Waals surface area contributed by atoms with E-state index in [0.29, 0.717) is 18.8 Å². The van der Waals surface area contributed by atoms with Gasteiger partial charge in [-0.1, -0.05) is 38.1 Å². The van der Waals surface area contributed by atoms with E-state index >= 15 is 0 Å². The zero-order valence-corrected chi connectivity index (χ0v) is 16.1. The average Bonchev–Trinajstić information content (AvgIpc) is 2.70. The Morgan fingerprint density at radius 1 is 0.889 bits per heavy atom. The third-order valence-corrected chi connectivity index (χ3v) is 4.22. The van der Waals surface area contributed by atoms with E-state index < -0.39 is 0 Å². The maximum Gasteiger partial charge on any atom is 0.308 e. The van der Waals surface area contributed by atoms with E-state index in [1.54, 1.807) is 0 Å². The van der Waals surface area contributed by atoms with Crippen LogP contribution in [0.15, 0.2) is 48.5 Å². The van der Waals surface area contributed by atoms with Crippen LogP contribution in [0.25, 0.3) is 11.1 Å². The summed E-state index contributed by atoms with van der Waals surface area (Å²) in [7, 11) is 0. The summed E-state index contributed by atoms with van der Waals surface area (Å²) in [6.45, 7) is 4.88. The number of rotatable bonds is 10. The molecule has 27 heavy (non-hydrogen) atoms. The summed E-state index contributed by atoms with van der Waals surface area (Å²) >= 11 is 0. The van der Waals surface area contributed by atoms with Gasteiger partial charge in [0.1, 0.15) is 5.75 Å². The molecule has 0 unspecified atom stereocenters. The number of esters is 1. The second-order valence-corrected chi connectivity index (χ2v) is 6.80. The lowest BCUT2D eigenvalue weighted by Gasteiger charge is -2.08. The van der Waals surface area contributed by atoms with E-state index in [0.717, 1.165) is 42.6 Å². The molecule has 0 heterocycles. The molecule has 0 fully saturated rings. The number of benzene rings is 2. The standard InChI is InChI=1S/C23H27NO3/c1-18(2)23(25)27-16-6-4-3-5-15-26-22-13-11-21(12-14-22)20-9-7-19(17-24)8-10-20/h7-14,18H,3-6,15-16H2,1-2H3. The van der Waals surface area contributed by atoms with Crippen molar-refractivity contribution in [1.82, 2.24) is 0 Å². The summed E-state index contributed by atoms with van der Waals surface area (Å²) in [5, 5.41) is 8.85. The summed E-state index contributed by atoms with van der Waals surface area (Å²) in [6.07, 6.45) is 3.97. The predicted octanol–water partition coefficient (Wildman–Crippen LogP) is 5.36. The quantitative estimate of drug-likeness (QED) is 0.420. The lowest BCUT2D eigenvalue weighted by atomic mass is 10.0. The van der Waals surface area contributed by atoms with Crippen LogP contribution in [-0.2, 0) is 9.53 Å². The highest BCUT2D eigenvalue weighted by Crippen LogP contribution is 2.23. The maximum absolute atomic E-state index is 11.3. The van der Waals surface area contributed by atoms with E-state index in [1.165, 1.54) is 0 Å². The van der Waals surface area contributed by atoms with Crippen LogP contribution >= 0.6 is 0 Å². The van der Waals surface area contributed by atoms with Gasteiger partial charge in [-0.05, 0) is 61.1 Å². The molecule has 0 bridgehead atoms. The third-order valence-electron chi connectivity index (χ3n) is 4.22. The fraction of sp³-hybridized carbons (Fsp3) is 0.391. The largest absolute Gasteiger partial charge is 0.494 e. The van der Waals surface area contributed by atoms with E-state index in [-0.39, 0.29) is 11.9 Å². The summed E-state index contributed by atoms with van der Waals surface area (Å²) in [5.74, 6) is 0.683. The van der Waals surface area contributed by atoms with Gasteiger partial charge in [0.2, 0.25) is 0 Å². The Labute approximate surface area is 161 Å². The van der Waals surface area contributed by atoms with Gasteiger partial charge >= 0.3 is 5.97 Å². The molecule has 0 aromatic heterocycles. The number of ether oxygens (including phenoxy) is 2. The minimum Gasteiger partial charge on any atom is -0.494 e. The molecular weight excluding hydrogens is 338 g/mol. The smallest absolute Gasteiger partial charge is 0.308 e. The maximum atomic E-state index is 11.3. The molecule has 0 N–H and O–H groups in total. The summed E-state index contributed by atoms with van der Waals surface area (Å²) in [4.78, 5) is 11.3. The highest BCUT2D eigenvalue weighted by molar-refractivity contribution is 5.71. The Kier molecular flexibility index (Phi) is 8.38. The predicted molar refractivity (Wildman–Crippen MR) is 106 cm³/mol. The highest BCUT2D eigenvalue weighted by Gasteiger charge is 2.07. The first-order valence-electron chi connectivity index (χ1n) is 9.50. The van der Waals surface area contributed by atoms with Crippen LogP contribution in [-0.4, -0.2) is 19.2 Å². The Balaban J connectivity index is 1.63. The van der Waals surface area contributed by atoms with Crippen molar-refractivity contribution in [2.75, 3.05) is 13.2 Å². The normalized spacial score (nSPS) is 10.4. The number of nitrogens with zero attached hydrogens (tertiary/aromatic N) is 1. The molecule has 0 aliphatic carbocycles. The van der Waals surface area contributed by atoms with Gasteiger partial charge in [0.15, 0.2) is 0 Å². The van der Waals surface area contributed by atoms with Gasteiger partial charge in [0.25, 0.3) is 0 Å². The minimum absolute atomic E-state index is 0.0540. The monoisotopic (exact) mass is 365 g/mol. The Morgan fingerprint density at radius 2 is 1.44 bits per heavy atom. The van der Waals surface area contributed by atoms with Gasteiger partial charge in [-0.15, -0.1) is 0 Å². The molecule has 0 aliphatic rings. The number of nitriles is 1. The van der Waals surface area contributed by atoms with Crippen LogP contribution in [0.1, 0.15) is 45.1 Å². The number of carbonyl (C=O) groups is 1. The van der Waals surface area contributed by atoms with Crippen LogP contribution in [0.4, 0.5) is 0 Å².